The standard InChI is InChI=1S/C16H20N4O2S2/c1-12-18-19-16(24-12)23-11-15(21)17-14-4-2-13(3-5-14)10-20-6-8-22-9-7-20/h2-5H,6-11H2,1H3,(H,17,21)/p+1. The van der Waals surface area contributed by atoms with Crippen LogP contribution in [-0.2, 0) is 16.1 Å². The van der Waals surface area contributed by atoms with Gasteiger partial charge in [0.2, 0.25) is 5.91 Å². The fourth-order valence-corrected chi connectivity index (χ4v) is 4.11. The molecule has 3 rings (SSSR count). The predicted molar refractivity (Wildman–Crippen MR) is 95.7 cm³/mol. The lowest BCUT2D eigenvalue weighted by molar-refractivity contribution is -0.921. The Bertz CT molecular complexity index is 669. The predicted octanol–water partition coefficient (Wildman–Crippen LogP) is 0.992. The maximum absolute atomic E-state index is 12.0. The molecule has 1 aliphatic rings. The van der Waals surface area contributed by atoms with Crippen LogP contribution in [0.1, 0.15) is 10.6 Å². The van der Waals surface area contributed by atoms with Crippen LogP contribution >= 0.6 is 23.1 Å². The molecule has 1 amide bonds. The molecule has 2 aromatic rings. The van der Waals surface area contributed by atoms with Crippen molar-refractivity contribution in [1.29, 1.82) is 0 Å². The van der Waals surface area contributed by atoms with Crippen LogP contribution in [0.3, 0.4) is 0 Å². The number of morpholine rings is 1. The number of hydrogen-bond donors (Lipinski definition) is 2. The summed E-state index contributed by atoms with van der Waals surface area (Å²) in [5.74, 6) is 0.313. The molecule has 1 aromatic carbocycles. The number of amides is 1. The molecular formula is C16H21N4O2S2+. The van der Waals surface area contributed by atoms with Crippen LogP contribution in [0, 0.1) is 6.92 Å². The minimum atomic E-state index is -0.0283. The van der Waals surface area contributed by atoms with Gasteiger partial charge in [0.1, 0.15) is 24.6 Å². The number of carbonyl (C=O) groups excluding carboxylic acids is 1. The smallest absolute Gasteiger partial charge is 0.234 e. The molecule has 1 saturated heterocycles. The van der Waals surface area contributed by atoms with Crippen molar-refractivity contribution in [2.24, 2.45) is 0 Å². The number of hydrogen-bond acceptors (Lipinski definition) is 6. The number of aryl methyl sites for hydroxylation is 1. The van der Waals surface area contributed by atoms with Crippen molar-refractivity contribution in [2.75, 3.05) is 37.4 Å². The van der Waals surface area contributed by atoms with Gasteiger partial charge in [0, 0.05) is 11.3 Å². The van der Waals surface area contributed by atoms with E-state index >= 15 is 0 Å². The van der Waals surface area contributed by atoms with Crippen LogP contribution in [0.4, 0.5) is 5.69 Å². The number of thioether (sulfide) groups is 1. The Hall–Kier alpha value is -1.48. The first-order chi connectivity index (χ1) is 11.7. The van der Waals surface area contributed by atoms with Gasteiger partial charge >= 0.3 is 0 Å². The van der Waals surface area contributed by atoms with Crippen LogP contribution < -0.4 is 10.2 Å². The molecule has 128 valence electrons. The molecule has 1 aliphatic heterocycles. The summed E-state index contributed by atoms with van der Waals surface area (Å²) in [4.78, 5) is 13.5. The first-order valence-electron chi connectivity index (χ1n) is 7.92. The van der Waals surface area contributed by atoms with Crippen LogP contribution in [0.5, 0.6) is 0 Å². The Kier molecular flexibility index (Phi) is 6.19. The molecular weight excluding hydrogens is 344 g/mol. The largest absolute Gasteiger partial charge is 0.370 e. The molecule has 0 aliphatic carbocycles. The second-order valence-electron chi connectivity index (χ2n) is 5.66. The van der Waals surface area contributed by atoms with Crippen molar-refractivity contribution < 1.29 is 14.4 Å². The van der Waals surface area contributed by atoms with Crippen LogP contribution in [0.2, 0.25) is 0 Å². The minimum Gasteiger partial charge on any atom is -0.370 e. The summed E-state index contributed by atoms with van der Waals surface area (Å²) in [5, 5.41) is 11.8. The molecule has 0 unspecified atom stereocenters. The summed E-state index contributed by atoms with van der Waals surface area (Å²) < 4.78 is 6.20. The zero-order valence-corrected chi connectivity index (χ0v) is 15.2. The second kappa shape index (κ2) is 8.57. The third-order valence-electron chi connectivity index (χ3n) is 3.73. The lowest BCUT2D eigenvalue weighted by Crippen LogP contribution is -3.12. The number of rotatable bonds is 6. The quantitative estimate of drug-likeness (QED) is 0.748. The maximum atomic E-state index is 12.0. The number of nitrogens with zero attached hydrogens (tertiary/aromatic N) is 2. The van der Waals surface area contributed by atoms with Gasteiger partial charge in [-0.1, -0.05) is 35.2 Å². The molecule has 8 heteroatoms. The summed E-state index contributed by atoms with van der Waals surface area (Å²) in [6.45, 7) is 6.71. The van der Waals surface area contributed by atoms with E-state index in [2.05, 4.69) is 27.6 Å². The van der Waals surface area contributed by atoms with E-state index in [0.29, 0.717) is 5.75 Å². The lowest BCUT2D eigenvalue weighted by Gasteiger charge is -2.23. The molecule has 1 fully saturated rings. The van der Waals surface area contributed by atoms with Gasteiger partial charge in [-0.3, -0.25) is 4.79 Å². The SMILES string of the molecule is Cc1nnc(SCC(=O)Nc2ccc(C[NH+]3CCOCC3)cc2)s1. The van der Waals surface area contributed by atoms with Gasteiger partial charge in [-0.25, -0.2) is 0 Å². The summed E-state index contributed by atoms with van der Waals surface area (Å²) in [7, 11) is 0. The number of benzene rings is 1. The van der Waals surface area contributed by atoms with E-state index in [-0.39, 0.29) is 5.91 Å². The van der Waals surface area contributed by atoms with Gasteiger partial charge in [-0.05, 0) is 19.1 Å². The number of aromatic nitrogens is 2. The van der Waals surface area contributed by atoms with Crippen LogP contribution in [0.25, 0.3) is 0 Å². The van der Waals surface area contributed by atoms with Gasteiger partial charge in [0.25, 0.3) is 0 Å². The van der Waals surface area contributed by atoms with Crippen LogP contribution in [0.15, 0.2) is 28.6 Å². The average Bonchev–Trinajstić information content (AvgIpc) is 3.01. The van der Waals surface area contributed by atoms with E-state index in [9.17, 15) is 4.79 Å². The van der Waals surface area contributed by atoms with Crippen molar-refractivity contribution in [2.45, 2.75) is 17.8 Å². The zero-order valence-electron chi connectivity index (χ0n) is 13.6. The Morgan fingerprint density at radius 1 is 1.29 bits per heavy atom. The van der Waals surface area contributed by atoms with Gasteiger partial charge < -0.3 is 15.0 Å². The number of nitrogens with one attached hydrogen (secondary N) is 2. The van der Waals surface area contributed by atoms with Gasteiger partial charge in [-0.2, -0.15) is 0 Å². The third kappa shape index (κ3) is 5.27. The van der Waals surface area contributed by atoms with Gasteiger partial charge in [0.15, 0.2) is 4.34 Å². The highest BCUT2D eigenvalue weighted by Gasteiger charge is 2.14. The lowest BCUT2D eigenvalue weighted by atomic mass is 10.2. The summed E-state index contributed by atoms with van der Waals surface area (Å²) in [6, 6.07) is 8.10. The number of quaternary nitrogens is 1. The fourth-order valence-electron chi connectivity index (χ4n) is 2.49. The van der Waals surface area contributed by atoms with Crippen molar-refractivity contribution in [3.63, 3.8) is 0 Å². The third-order valence-corrected chi connectivity index (χ3v) is 5.70. The zero-order chi connectivity index (χ0) is 16.8. The second-order valence-corrected chi connectivity index (χ2v) is 8.06. The number of anilines is 1. The van der Waals surface area contributed by atoms with Crippen LogP contribution in [-0.4, -0.2) is 48.2 Å². The highest BCUT2D eigenvalue weighted by atomic mass is 32.2. The maximum Gasteiger partial charge on any atom is 0.234 e. The fraction of sp³-hybridized carbons (Fsp3) is 0.438. The molecule has 0 atom stereocenters. The first kappa shape index (κ1) is 17.3. The summed E-state index contributed by atoms with van der Waals surface area (Å²) in [6.07, 6.45) is 0. The first-order valence-corrected chi connectivity index (χ1v) is 9.72. The van der Waals surface area contributed by atoms with Crippen molar-refractivity contribution >= 4 is 34.7 Å². The molecule has 0 spiro atoms. The molecule has 6 nitrogen and oxygen atoms in total. The molecule has 0 radical (unpaired) electrons. The van der Waals surface area contributed by atoms with Crippen molar-refractivity contribution in [3.8, 4) is 0 Å². The molecule has 2 heterocycles. The van der Waals surface area contributed by atoms with Gasteiger partial charge in [-0.15, -0.1) is 10.2 Å². The highest BCUT2D eigenvalue weighted by molar-refractivity contribution is 8.01. The van der Waals surface area contributed by atoms with Crippen molar-refractivity contribution in [3.05, 3.63) is 34.8 Å². The average molecular weight is 366 g/mol. The summed E-state index contributed by atoms with van der Waals surface area (Å²) >= 11 is 2.92. The van der Waals surface area contributed by atoms with E-state index < -0.39 is 0 Å². The van der Waals surface area contributed by atoms with Gasteiger partial charge in [0.05, 0.1) is 19.0 Å². The van der Waals surface area contributed by atoms with E-state index in [1.807, 2.05) is 19.1 Å². The highest BCUT2D eigenvalue weighted by Crippen LogP contribution is 2.21. The van der Waals surface area contributed by atoms with E-state index in [0.717, 1.165) is 47.9 Å². The number of carbonyl (C=O) groups is 1. The normalized spacial score (nSPS) is 15.4. The Balaban J connectivity index is 1.45. The Morgan fingerprint density at radius 2 is 2.04 bits per heavy atom. The molecule has 0 saturated carbocycles. The molecule has 0 bridgehead atoms. The van der Waals surface area contributed by atoms with Crippen molar-refractivity contribution in [1.82, 2.24) is 10.2 Å². The topological polar surface area (TPSA) is 68.5 Å². The van der Waals surface area contributed by atoms with E-state index in [4.69, 9.17) is 4.74 Å². The van der Waals surface area contributed by atoms with E-state index in [1.165, 1.54) is 28.7 Å². The molecule has 24 heavy (non-hydrogen) atoms. The monoisotopic (exact) mass is 365 g/mol. The van der Waals surface area contributed by atoms with E-state index in [1.54, 1.807) is 4.90 Å². The Morgan fingerprint density at radius 3 is 2.71 bits per heavy atom. The Labute approximate surface area is 149 Å². The molecule has 1 aromatic heterocycles. The minimum absolute atomic E-state index is 0.0283. The summed E-state index contributed by atoms with van der Waals surface area (Å²) in [5.41, 5.74) is 2.11. The number of ether oxygens (including phenoxy) is 1. The molecule has 2 N–H and O–H groups in total.